The lowest BCUT2D eigenvalue weighted by Crippen LogP contribution is -2.30. The normalized spacial score (nSPS) is 20.0. The van der Waals surface area contributed by atoms with Crippen LogP contribution in [0.5, 0.6) is 0 Å². The number of nitrogens with one attached hydrogen (secondary N) is 1. The van der Waals surface area contributed by atoms with Crippen molar-refractivity contribution in [3.8, 4) is 0 Å². The zero-order chi connectivity index (χ0) is 22.1. The first kappa shape index (κ1) is 34.5. The van der Waals surface area contributed by atoms with Gasteiger partial charge in [0.05, 0.1) is 0 Å². The van der Waals surface area contributed by atoms with Crippen LogP contribution in [0.1, 0.15) is 134 Å². The Bertz CT molecular complexity index is 208. The van der Waals surface area contributed by atoms with Gasteiger partial charge in [0.15, 0.2) is 0 Å². The second-order valence-electron chi connectivity index (χ2n) is 7.13. The first-order valence-corrected chi connectivity index (χ1v) is 12.8. The van der Waals surface area contributed by atoms with Crippen LogP contribution in [-0.4, -0.2) is 13.6 Å². The molecule has 2 saturated carbocycles. The van der Waals surface area contributed by atoms with E-state index in [9.17, 15) is 0 Å². The van der Waals surface area contributed by atoms with Crippen molar-refractivity contribution in [3.05, 3.63) is 0 Å². The Hall–Kier alpha value is -0.0400. The van der Waals surface area contributed by atoms with Gasteiger partial charge in [-0.15, -0.1) is 0 Å². The summed E-state index contributed by atoms with van der Waals surface area (Å²) in [4.78, 5) is 0. The molecule has 0 aromatic heterocycles. The van der Waals surface area contributed by atoms with E-state index < -0.39 is 0 Å². The van der Waals surface area contributed by atoms with Crippen molar-refractivity contribution in [2.75, 3.05) is 13.6 Å². The van der Waals surface area contributed by atoms with E-state index in [1.165, 1.54) is 57.8 Å². The quantitative estimate of drug-likeness (QED) is 0.458. The average Bonchev–Trinajstić information content (AvgIpc) is 3.57. The average molecular weight is 388 g/mol. The van der Waals surface area contributed by atoms with Gasteiger partial charge >= 0.3 is 0 Å². The van der Waals surface area contributed by atoms with E-state index in [1.54, 1.807) is 0 Å². The highest BCUT2D eigenvalue weighted by Gasteiger charge is 2.31. The number of hydrogen-bond donors (Lipinski definition) is 1. The summed E-state index contributed by atoms with van der Waals surface area (Å²) in [6.45, 7) is 24.6. The van der Waals surface area contributed by atoms with Gasteiger partial charge in [0.2, 0.25) is 0 Å². The minimum Gasteiger partial charge on any atom is -0.320 e. The molecule has 3 unspecified atom stereocenters. The summed E-state index contributed by atoms with van der Waals surface area (Å²) in [6.07, 6.45) is 12.9. The molecule has 0 aliphatic heterocycles. The molecule has 0 bridgehead atoms. The highest BCUT2D eigenvalue weighted by Crippen LogP contribution is 2.42. The van der Waals surface area contributed by atoms with E-state index in [2.05, 4.69) is 39.9 Å². The fraction of sp³-hybridized carbons (Fsp3) is 1.00. The summed E-state index contributed by atoms with van der Waals surface area (Å²) >= 11 is 0. The molecular weight excluding hydrogens is 326 g/mol. The molecule has 0 spiro atoms. The standard InChI is InChI=1S/C11H22.C5H10.C4H11N.3C2H6/c1-4-6-10(5-2)11-8-7-9(11)3;1-2-5-3-4-5;1-3-4-5-2;3*1-2/h9-11H,4-8H2,1-3H3;5H,2-4H2,1H3;5H,3-4H2,1-2H3;3*1-2H3. The van der Waals surface area contributed by atoms with Gasteiger partial charge in [0.1, 0.15) is 0 Å². The van der Waals surface area contributed by atoms with Crippen LogP contribution < -0.4 is 5.32 Å². The van der Waals surface area contributed by atoms with Crippen LogP contribution in [0, 0.1) is 23.7 Å². The van der Waals surface area contributed by atoms with E-state index >= 15 is 0 Å². The van der Waals surface area contributed by atoms with Crippen LogP contribution in [0.3, 0.4) is 0 Å². The highest BCUT2D eigenvalue weighted by molar-refractivity contribution is 4.82. The Kier molecular flexibility index (Phi) is 39.2. The third kappa shape index (κ3) is 23.9. The van der Waals surface area contributed by atoms with E-state index in [1.807, 2.05) is 48.6 Å². The molecule has 0 radical (unpaired) electrons. The molecule has 0 heterocycles. The lowest BCUT2D eigenvalue weighted by atomic mass is 9.66. The molecule has 0 aromatic carbocycles. The first-order chi connectivity index (χ1) is 13.1. The molecule has 1 N–H and O–H groups in total. The Balaban J connectivity index is -0.000000140. The van der Waals surface area contributed by atoms with Crippen molar-refractivity contribution < 1.29 is 0 Å². The van der Waals surface area contributed by atoms with Crippen LogP contribution in [0.15, 0.2) is 0 Å². The zero-order valence-electron chi connectivity index (χ0n) is 21.9. The largest absolute Gasteiger partial charge is 0.320 e. The van der Waals surface area contributed by atoms with E-state index in [0.717, 1.165) is 30.2 Å². The van der Waals surface area contributed by atoms with Gasteiger partial charge in [0, 0.05) is 0 Å². The molecule has 0 saturated heterocycles. The van der Waals surface area contributed by atoms with Crippen molar-refractivity contribution in [1.29, 1.82) is 0 Å². The minimum absolute atomic E-state index is 1.03. The Labute approximate surface area is 176 Å². The van der Waals surface area contributed by atoms with Crippen LogP contribution >= 0.6 is 0 Å². The predicted molar refractivity (Wildman–Crippen MR) is 132 cm³/mol. The maximum absolute atomic E-state index is 3.02. The van der Waals surface area contributed by atoms with Gasteiger partial charge in [0.25, 0.3) is 0 Å². The van der Waals surface area contributed by atoms with Crippen molar-refractivity contribution in [3.63, 3.8) is 0 Å². The molecule has 2 rings (SSSR count). The Morgan fingerprint density at radius 2 is 1.30 bits per heavy atom. The molecule has 1 nitrogen and oxygen atoms in total. The summed E-state index contributed by atoms with van der Waals surface area (Å²) in [5, 5.41) is 3.02. The first-order valence-electron chi connectivity index (χ1n) is 12.8. The van der Waals surface area contributed by atoms with E-state index in [4.69, 9.17) is 0 Å². The lowest BCUT2D eigenvalue weighted by Gasteiger charge is -2.39. The van der Waals surface area contributed by atoms with Gasteiger partial charge in [-0.25, -0.2) is 0 Å². The van der Waals surface area contributed by atoms with Crippen molar-refractivity contribution >= 4 is 0 Å². The SMILES string of the molecule is CC.CC.CC.CCC1CC1.CCCC(CC)C1CCC1C.CCCNC. The van der Waals surface area contributed by atoms with Crippen molar-refractivity contribution in [1.82, 2.24) is 5.32 Å². The molecule has 0 aromatic rings. The number of hydrogen-bond acceptors (Lipinski definition) is 1. The van der Waals surface area contributed by atoms with Crippen LogP contribution in [0.25, 0.3) is 0 Å². The Morgan fingerprint density at radius 3 is 1.41 bits per heavy atom. The molecule has 1 heteroatoms. The third-order valence-electron chi connectivity index (χ3n) is 5.25. The molecule has 0 amide bonds. The van der Waals surface area contributed by atoms with Gasteiger partial charge in [-0.05, 0) is 50.1 Å². The second kappa shape index (κ2) is 30.7. The van der Waals surface area contributed by atoms with Crippen LogP contribution in [0.2, 0.25) is 0 Å². The van der Waals surface area contributed by atoms with E-state index in [-0.39, 0.29) is 0 Å². The molecule has 3 atom stereocenters. The van der Waals surface area contributed by atoms with Gasteiger partial charge in [-0.3, -0.25) is 0 Å². The fourth-order valence-electron chi connectivity index (χ4n) is 3.26. The van der Waals surface area contributed by atoms with Crippen molar-refractivity contribution in [2.45, 2.75) is 134 Å². The monoisotopic (exact) mass is 387 g/mol. The van der Waals surface area contributed by atoms with Gasteiger partial charge < -0.3 is 5.32 Å². The molecule has 27 heavy (non-hydrogen) atoms. The maximum Gasteiger partial charge on any atom is -0.00546 e. The van der Waals surface area contributed by atoms with Gasteiger partial charge in [-0.1, -0.05) is 121 Å². The summed E-state index contributed by atoms with van der Waals surface area (Å²) < 4.78 is 0. The van der Waals surface area contributed by atoms with Crippen LogP contribution in [-0.2, 0) is 0 Å². The predicted octanol–water partition coefficient (Wildman–Crippen LogP) is 9.36. The number of rotatable bonds is 7. The smallest absolute Gasteiger partial charge is 0.00546 e. The maximum atomic E-state index is 3.02. The lowest BCUT2D eigenvalue weighted by molar-refractivity contribution is 0.109. The minimum atomic E-state index is 1.03. The topological polar surface area (TPSA) is 12.0 Å². The molecule has 170 valence electrons. The highest BCUT2D eigenvalue weighted by atomic mass is 14.8. The summed E-state index contributed by atoms with van der Waals surface area (Å²) in [5.74, 6) is 4.30. The van der Waals surface area contributed by atoms with E-state index in [0.29, 0.717) is 0 Å². The summed E-state index contributed by atoms with van der Waals surface area (Å²) in [5.41, 5.74) is 0. The summed E-state index contributed by atoms with van der Waals surface area (Å²) in [6, 6.07) is 0. The zero-order valence-corrected chi connectivity index (χ0v) is 21.9. The second-order valence-corrected chi connectivity index (χ2v) is 7.13. The third-order valence-corrected chi connectivity index (χ3v) is 5.25. The molecule has 2 fully saturated rings. The molecule has 2 aliphatic rings. The molecular formula is C26H61N. The summed E-state index contributed by atoms with van der Waals surface area (Å²) in [7, 11) is 1.96. The van der Waals surface area contributed by atoms with Crippen molar-refractivity contribution in [2.24, 2.45) is 23.7 Å². The molecule has 2 aliphatic carbocycles. The fourth-order valence-corrected chi connectivity index (χ4v) is 3.26. The van der Waals surface area contributed by atoms with Crippen LogP contribution in [0.4, 0.5) is 0 Å². The Morgan fingerprint density at radius 1 is 0.778 bits per heavy atom. The van der Waals surface area contributed by atoms with Gasteiger partial charge in [-0.2, -0.15) is 0 Å².